The van der Waals surface area contributed by atoms with Crippen molar-refractivity contribution >= 4 is 21.7 Å². The van der Waals surface area contributed by atoms with Crippen molar-refractivity contribution in [2.45, 2.75) is 38.4 Å². The molecule has 1 unspecified atom stereocenters. The normalized spacial score (nSPS) is 24.1. The van der Waals surface area contributed by atoms with Gasteiger partial charge in [0.25, 0.3) is 0 Å². The molecule has 1 N–H and O–H groups in total. The van der Waals surface area contributed by atoms with E-state index in [1.807, 2.05) is 6.20 Å². The summed E-state index contributed by atoms with van der Waals surface area (Å²) in [6.45, 7) is 6.43. The second-order valence-corrected chi connectivity index (χ2v) is 6.98. The van der Waals surface area contributed by atoms with Gasteiger partial charge in [0, 0.05) is 54.5 Å². The maximum atomic E-state index is 4.68. The molecule has 1 aromatic rings. The zero-order valence-corrected chi connectivity index (χ0v) is 13.9. The van der Waals surface area contributed by atoms with Crippen molar-refractivity contribution in [2.75, 3.05) is 31.6 Å². The number of nitrogens with zero attached hydrogens (tertiary/aromatic N) is 3. The Hall–Kier alpha value is -0.650. The molecule has 4 nitrogen and oxygen atoms in total. The van der Waals surface area contributed by atoms with Crippen LogP contribution in [0.5, 0.6) is 0 Å². The molecule has 0 spiro atoms. The summed E-state index contributed by atoms with van der Waals surface area (Å²) in [5.41, 5.74) is 1.31. The van der Waals surface area contributed by atoms with Crippen molar-refractivity contribution in [2.24, 2.45) is 0 Å². The van der Waals surface area contributed by atoms with Gasteiger partial charge >= 0.3 is 0 Å². The van der Waals surface area contributed by atoms with Crippen LogP contribution in [0.1, 0.15) is 25.3 Å². The SMILES string of the molecule is CC1CN(c2ncc(Br)cc2CNC2CC2)CCN1C. The maximum Gasteiger partial charge on any atom is 0.133 e. The van der Waals surface area contributed by atoms with Crippen LogP contribution < -0.4 is 10.2 Å². The number of hydrogen-bond acceptors (Lipinski definition) is 4. The Bertz CT molecular complexity index is 475. The monoisotopic (exact) mass is 338 g/mol. The highest BCUT2D eigenvalue weighted by molar-refractivity contribution is 9.10. The van der Waals surface area contributed by atoms with Crippen LogP contribution >= 0.6 is 15.9 Å². The summed E-state index contributed by atoms with van der Waals surface area (Å²) in [4.78, 5) is 9.53. The molecule has 20 heavy (non-hydrogen) atoms. The van der Waals surface area contributed by atoms with E-state index in [2.05, 4.69) is 56.1 Å². The zero-order valence-electron chi connectivity index (χ0n) is 12.3. The molecule has 1 aliphatic carbocycles. The fourth-order valence-electron chi connectivity index (χ4n) is 2.67. The summed E-state index contributed by atoms with van der Waals surface area (Å²) in [5, 5.41) is 3.60. The molecule has 1 atom stereocenters. The first-order chi connectivity index (χ1) is 9.63. The highest BCUT2D eigenvalue weighted by atomic mass is 79.9. The lowest BCUT2D eigenvalue weighted by molar-refractivity contribution is 0.233. The third kappa shape index (κ3) is 3.32. The topological polar surface area (TPSA) is 31.4 Å². The van der Waals surface area contributed by atoms with E-state index in [1.165, 1.54) is 18.4 Å². The van der Waals surface area contributed by atoms with E-state index < -0.39 is 0 Å². The van der Waals surface area contributed by atoms with Crippen molar-refractivity contribution in [3.63, 3.8) is 0 Å². The molecule has 0 amide bonds. The van der Waals surface area contributed by atoms with E-state index in [0.29, 0.717) is 6.04 Å². The van der Waals surface area contributed by atoms with Crippen molar-refractivity contribution in [3.05, 3.63) is 22.3 Å². The first kappa shape index (κ1) is 14.3. The molecule has 2 heterocycles. The largest absolute Gasteiger partial charge is 0.354 e. The molecular weight excluding hydrogens is 316 g/mol. The lowest BCUT2D eigenvalue weighted by atomic mass is 10.1. The molecule has 0 radical (unpaired) electrons. The predicted octanol–water partition coefficient (Wildman–Crippen LogP) is 2.24. The molecule has 110 valence electrons. The van der Waals surface area contributed by atoms with Crippen LogP contribution in [0.15, 0.2) is 16.7 Å². The summed E-state index contributed by atoms with van der Waals surface area (Å²) in [6.07, 6.45) is 4.56. The van der Waals surface area contributed by atoms with Gasteiger partial charge < -0.3 is 15.1 Å². The molecule has 2 fully saturated rings. The number of aromatic nitrogens is 1. The Morgan fingerprint density at radius 2 is 2.20 bits per heavy atom. The number of anilines is 1. The lowest BCUT2D eigenvalue weighted by Crippen LogP contribution is -2.50. The van der Waals surface area contributed by atoms with Crippen molar-refractivity contribution < 1.29 is 0 Å². The number of hydrogen-bond donors (Lipinski definition) is 1. The fraction of sp³-hybridized carbons (Fsp3) is 0.667. The molecule has 1 aliphatic heterocycles. The van der Waals surface area contributed by atoms with Gasteiger partial charge in [-0.25, -0.2) is 4.98 Å². The molecule has 5 heteroatoms. The van der Waals surface area contributed by atoms with Gasteiger partial charge in [0.15, 0.2) is 0 Å². The number of likely N-dealkylation sites (N-methyl/N-ethyl adjacent to an activating group) is 1. The number of halogens is 1. The number of nitrogens with one attached hydrogen (secondary N) is 1. The Morgan fingerprint density at radius 1 is 1.40 bits per heavy atom. The average Bonchev–Trinajstić information content (AvgIpc) is 3.24. The summed E-state index contributed by atoms with van der Waals surface area (Å²) in [6, 6.07) is 3.52. The van der Waals surface area contributed by atoms with Gasteiger partial charge in [0.05, 0.1) is 0 Å². The molecule has 0 aromatic carbocycles. The van der Waals surface area contributed by atoms with Gasteiger partial charge in [0.2, 0.25) is 0 Å². The smallest absolute Gasteiger partial charge is 0.133 e. The van der Waals surface area contributed by atoms with Crippen LogP contribution in [-0.2, 0) is 6.54 Å². The van der Waals surface area contributed by atoms with Gasteiger partial charge in [0.1, 0.15) is 5.82 Å². The molecular formula is C15H23BrN4. The van der Waals surface area contributed by atoms with E-state index in [4.69, 9.17) is 0 Å². The Morgan fingerprint density at radius 3 is 2.90 bits per heavy atom. The van der Waals surface area contributed by atoms with Gasteiger partial charge in [-0.3, -0.25) is 0 Å². The van der Waals surface area contributed by atoms with Crippen LogP contribution in [-0.4, -0.2) is 48.6 Å². The molecule has 1 aromatic heterocycles. The van der Waals surface area contributed by atoms with E-state index in [-0.39, 0.29) is 0 Å². The summed E-state index contributed by atoms with van der Waals surface area (Å²) in [7, 11) is 2.20. The molecule has 2 aliphatic rings. The van der Waals surface area contributed by atoms with Gasteiger partial charge in [-0.15, -0.1) is 0 Å². The molecule has 3 rings (SSSR count). The maximum absolute atomic E-state index is 4.68. The number of rotatable bonds is 4. The Balaban J connectivity index is 1.76. The Kier molecular flexibility index (Phi) is 4.29. The van der Waals surface area contributed by atoms with Crippen LogP contribution in [0.2, 0.25) is 0 Å². The van der Waals surface area contributed by atoms with Crippen LogP contribution in [0, 0.1) is 0 Å². The molecule has 0 bridgehead atoms. The summed E-state index contributed by atoms with van der Waals surface area (Å²) in [5.74, 6) is 1.15. The predicted molar refractivity (Wildman–Crippen MR) is 86.1 cm³/mol. The summed E-state index contributed by atoms with van der Waals surface area (Å²) >= 11 is 3.55. The third-order valence-electron chi connectivity index (χ3n) is 4.33. The highest BCUT2D eigenvalue weighted by Gasteiger charge is 2.25. The van der Waals surface area contributed by atoms with Crippen LogP contribution in [0.25, 0.3) is 0 Å². The van der Waals surface area contributed by atoms with Crippen LogP contribution in [0.3, 0.4) is 0 Å². The van der Waals surface area contributed by atoms with Crippen molar-refractivity contribution in [1.82, 2.24) is 15.2 Å². The lowest BCUT2D eigenvalue weighted by Gasteiger charge is -2.39. The van der Waals surface area contributed by atoms with E-state index in [9.17, 15) is 0 Å². The average molecular weight is 339 g/mol. The number of pyridine rings is 1. The summed E-state index contributed by atoms with van der Waals surface area (Å²) < 4.78 is 1.07. The van der Waals surface area contributed by atoms with Gasteiger partial charge in [-0.05, 0) is 48.8 Å². The second kappa shape index (κ2) is 6.00. The number of piperazine rings is 1. The van der Waals surface area contributed by atoms with Gasteiger partial charge in [-0.2, -0.15) is 0 Å². The van der Waals surface area contributed by atoms with E-state index in [0.717, 1.165) is 42.5 Å². The fourth-order valence-corrected chi connectivity index (χ4v) is 3.05. The first-order valence-electron chi connectivity index (χ1n) is 7.46. The second-order valence-electron chi connectivity index (χ2n) is 6.07. The minimum atomic E-state index is 0.582. The zero-order chi connectivity index (χ0) is 14.1. The third-order valence-corrected chi connectivity index (χ3v) is 4.76. The minimum Gasteiger partial charge on any atom is -0.354 e. The van der Waals surface area contributed by atoms with E-state index >= 15 is 0 Å². The van der Waals surface area contributed by atoms with Gasteiger partial charge in [-0.1, -0.05) is 0 Å². The molecule has 1 saturated carbocycles. The highest BCUT2D eigenvalue weighted by Crippen LogP contribution is 2.25. The minimum absolute atomic E-state index is 0.582. The first-order valence-corrected chi connectivity index (χ1v) is 8.26. The van der Waals surface area contributed by atoms with E-state index in [1.54, 1.807) is 0 Å². The quantitative estimate of drug-likeness (QED) is 0.912. The van der Waals surface area contributed by atoms with Crippen LogP contribution in [0.4, 0.5) is 5.82 Å². The van der Waals surface area contributed by atoms with Crippen molar-refractivity contribution in [3.8, 4) is 0 Å². The standard InChI is InChI=1S/C15H23BrN4/c1-11-10-20(6-5-19(11)2)15-12(7-13(16)9-18-15)8-17-14-3-4-14/h7,9,11,14,17H,3-6,8,10H2,1-2H3. The Labute approximate surface area is 129 Å². The van der Waals surface area contributed by atoms with Crippen molar-refractivity contribution in [1.29, 1.82) is 0 Å². The molecule has 1 saturated heterocycles.